The van der Waals surface area contributed by atoms with Gasteiger partial charge >= 0.3 is 5.97 Å². The second-order valence-electron chi connectivity index (χ2n) is 6.53. The smallest absolute Gasteiger partial charge is 0.306 e. The molecule has 0 bridgehead atoms. The molecule has 0 aliphatic heterocycles. The van der Waals surface area contributed by atoms with Crippen molar-refractivity contribution >= 4 is 17.8 Å². The Morgan fingerprint density at radius 1 is 1.00 bits per heavy atom. The van der Waals surface area contributed by atoms with Crippen LogP contribution in [0.3, 0.4) is 0 Å². The van der Waals surface area contributed by atoms with Crippen LogP contribution >= 0.6 is 0 Å². The molecule has 0 saturated carbocycles. The van der Waals surface area contributed by atoms with Crippen LogP contribution < -0.4 is 10.9 Å². The van der Waals surface area contributed by atoms with Crippen molar-refractivity contribution in [1.29, 1.82) is 0 Å². The molecule has 0 unspecified atom stereocenters. The number of methoxy groups -OCH3 is 1. The number of ether oxygens (including phenoxy) is 1. The summed E-state index contributed by atoms with van der Waals surface area (Å²) >= 11 is 0. The van der Waals surface area contributed by atoms with E-state index in [1.54, 1.807) is 6.92 Å². The summed E-state index contributed by atoms with van der Waals surface area (Å²) in [4.78, 5) is 37.0. The Morgan fingerprint density at radius 2 is 1.61 bits per heavy atom. The minimum Gasteiger partial charge on any atom is -0.469 e. The van der Waals surface area contributed by atoms with Crippen molar-refractivity contribution in [3.63, 3.8) is 0 Å². The van der Waals surface area contributed by atoms with Gasteiger partial charge in [0.05, 0.1) is 19.6 Å². The zero-order valence-corrected chi connectivity index (χ0v) is 15.1. The number of nitrogens with zero attached hydrogens (tertiary/aromatic N) is 1. The average molecular weight is 329 g/mol. The third-order valence-electron chi connectivity index (χ3n) is 3.28. The Bertz CT molecular complexity index is 397. The van der Waals surface area contributed by atoms with Crippen molar-refractivity contribution in [1.82, 2.24) is 15.8 Å². The summed E-state index contributed by atoms with van der Waals surface area (Å²) in [6.45, 7) is 10.8. The summed E-state index contributed by atoms with van der Waals surface area (Å²) in [6, 6.07) is -0.457. The first-order valence-corrected chi connectivity index (χ1v) is 8.06. The molecule has 0 aliphatic rings. The Balaban J connectivity index is 4.53. The van der Waals surface area contributed by atoms with Crippen LogP contribution in [0, 0.1) is 11.8 Å². The molecule has 7 heteroatoms. The maximum absolute atomic E-state index is 12.2. The van der Waals surface area contributed by atoms with E-state index in [1.165, 1.54) is 7.11 Å². The maximum Gasteiger partial charge on any atom is 0.306 e. The van der Waals surface area contributed by atoms with Crippen LogP contribution in [0.5, 0.6) is 0 Å². The molecule has 0 heterocycles. The summed E-state index contributed by atoms with van der Waals surface area (Å²) in [5, 5.41) is 0. The average Bonchev–Trinajstić information content (AvgIpc) is 2.46. The summed E-state index contributed by atoms with van der Waals surface area (Å²) in [6.07, 6.45) is 0.577. The van der Waals surface area contributed by atoms with Crippen molar-refractivity contribution in [2.45, 2.75) is 53.5 Å². The fourth-order valence-corrected chi connectivity index (χ4v) is 2.07. The Hall–Kier alpha value is -1.63. The topological polar surface area (TPSA) is 87.7 Å². The van der Waals surface area contributed by atoms with Gasteiger partial charge in [0.2, 0.25) is 5.91 Å². The molecule has 0 radical (unpaired) electrons. The molecule has 0 saturated heterocycles. The fraction of sp³-hybridized carbons (Fsp3) is 0.812. The molecule has 2 amide bonds. The van der Waals surface area contributed by atoms with Gasteiger partial charge in [0.1, 0.15) is 0 Å². The highest BCUT2D eigenvalue weighted by molar-refractivity contribution is 5.85. The molecule has 23 heavy (non-hydrogen) atoms. The SMILES string of the molecule is COC(=O)CCN(CC(C)C)[C@H](C)C(=O)NNC(=O)CC(C)C. The molecule has 2 N–H and O–H groups in total. The number of hydrogen-bond donors (Lipinski definition) is 2. The zero-order valence-electron chi connectivity index (χ0n) is 15.1. The molecule has 0 aromatic carbocycles. The lowest BCUT2D eigenvalue weighted by Crippen LogP contribution is -2.52. The van der Waals surface area contributed by atoms with Crippen molar-refractivity contribution in [3.8, 4) is 0 Å². The lowest BCUT2D eigenvalue weighted by molar-refractivity contribution is -0.141. The van der Waals surface area contributed by atoms with Gasteiger partial charge in [-0.05, 0) is 18.8 Å². The first-order chi connectivity index (χ1) is 10.7. The Labute approximate surface area is 139 Å². The molecule has 0 aromatic heterocycles. The van der Waals surface area contributed by atoms with Crippen LogP contribution in [0.4, 0.5) is 0 Å². The van der Waals surface area contributed by atoms with E-state index in [-0.39, 0.29) is 30.1 Å². The first kappa shape index (κ1) is 21.4. The van der Waals surface area contributed by atoms with Crippen molar-refractivity contribution in [2.24, 2.45) is 11.8 Å². The van der Waals surface area contributed by atoms with Gasteiger partial charge in [-0.3, -0.25) is 30.1 Å². The van der Waals surface area contributed by atoms with E-state index >= 15 is 0 Å². The van der Waals surface area contributed by atoms with Crippen LogP contribution in [0.25, 0.3) is 0 Å². The van der Waals surface area contributed by atoms with Gasteiger partial charge in [-0.15, -0.1) is 0 Å². The molecule has 0 aliphatic carbocycles. The lowest BCUT2D eigenvalue weighted by Gasteiger charge is -2.29. The fourth-order valence-electron chi connectivity index (χ4n) is 2.07. The lowest BCUT2D eigenvalue weighted by atomic mass is 10.1. The number of hydrogen-bond acceptors (Lipinski definition) is 5. The van der Waals surface area contributed by atoms with Crippen molar-refractivity contribution in [3.05, 3.63) is 0 Å². The number of amides is 2. The van der Waals surface area contributed by atoms with Crippen LogP contribution in [-0.4, -0.2) is 48.9 Å². The molecular formula is C16H31N3O4. The number of esters is 1. The summed E-state index contributed by atoms with van der Waals surface area (Å²) in [5.41, 5.74) is 4.87. The first-order valence-electron chi connectivity index (χ1n) is 8.06. The quantitative estimate of drug-likeness (QED) is 0.488. The van der Waals surface area contributed by atoms with E-state index < -0.39 is 6.04 Å². The van der Waals surface area contributed by atoms with Crippen LogP contribution in [-0.2, 0) is 19.1 Å². The highest BCUT2D eigenvalue weighted by Crippen LogP contribution is 2.06. The predicted molar refractivity (Wildman–Crippen MR) is 88.2 cm³/mol. The van der Waals surface area contributed by atoms with E-state index in [0.29, 0.717) is 25.4 Å². The number of hydrazine groups is 1. The van der Waals surface area contributed by atoms with Crippen LogP contribution in [0.2, 0.25) is 0 Å². The third-order valence-corrected chi connectivity index (χ3v) is 3.28. The Kier molecular flexibility index (Phi) is 10.2. The highest BCUT2D eigenvalue weighted by Gasteiger charge is 2.23. The molecule has 1 atom stereocenters. The van der Waals surface area contributed by atoms with Gasteiger partial charge in [-0.1, -0.05) is 27.7 Å². The second kappa shape index (κ2) is 11.0. The number of rotatable bonds is 9. The van der Waals surface area contributed by atoms with Gasteiger partial charge in [0.15, 0.2) is 0 Å². The molecule has 0 fully saturated rings. The third kappa shape index (κ3) is 9.89. The monoisotopic (exact) mass is 329 g/mol. The van der Waals surface area contributed by atoms with Crippen LogP contribution in [0.1, 0.15) is 47.5 Å². The normalized spacial score (nSPS) is 12.4. The van der Waals surface area contributed by atoms with E-state index in [2.05, 4.69) is 15.6 Å². The van der Waals surface area contributed by atoms with E-state index in [9.17, 15) is 14.4 Å². The van der Waals surface area contributed by atoms with Gasteiger partial charge in [0, 0.05) is 19.5 Å². The van der Waals surface area contributed by atoms with Gasteiger partial charge in [0.25, 0.3) is 5.91 Å². The van der Waals surface area contributed by atoms with Gasteiger partial charge < -0.3 is 4.74 Å². The summed E-state index contributed by atoms with van der Waals surface area (Å²) < 4.78 is 4.64. The van der Waals surface area contributed by atoms with Gasteiger partial charge in [-0.25, -0.2) is 0 Å². The minimum absolute atomic E-state index is 0.217. The van der Waals surface area contributed by atoms with Crippen LogP contribution in [0.15, 0.2) is 0 Å². The zero-order chi connectivity index (χ0) is 18.0. The number of carbonyl (C=O) groups excluding carboxylic acids is 3. The summed E-state index contributed by atoms with van der Waals surface area (Å²) in [5.74, 6) is -0.255. The second-order valence-corrected chi connectivity index (χ2v) is 6.53. The molecule has 7 nitrogen and oxygen atoms in total. The minimum atomic E-state index is -0.457. The Morgan fingerprint density at radius 3 is 2.09 bits per heavy atom. The van der Waals surface area contributed by atoms with Crippen molar-refractivity contribution < 1.29 is 19.1 Å². The molecule has 0 spiro atoms. The molecule has 134 valence electrons. The van der Waals surface area contributed by atoms with Crippen molar-refractivity contribution in [2.75, 3.05) is 20.2 Å². The molecular weight excluding hydrogens is 298 g/mol. The predicted octanol–water partition coefficient (Wildman–Crippen LogP) is 1.09. The molecule has 0 rings (SSSR count). The highest BCUT2D eigenvalue weighted by atomic mass is 16.5. The van der Waals surface area contributed by atoms with E-state index in [1.807, 2.05) is 32.6 Å². The summed E-state index contributed by atoms with van der Waals surface area (Å²) in [7, 11) is 1.34. The number of nitrogens with one attached hydrogen (secondary N) is 2. The number of carbonyl (C=O) groups is 3. The largest absolute Gasteiger partial charge is 0.469 e. The maximum atomic E-state index is 12.2. The molecule has 0 aromatic rings. The van der Waals surface area contributed by atoms with Gasteiger partial charge in [-0.2, -0.15) is 0 Å². The van der Waals surface area contributed by atoms with E-state index in [4.69, 9.17) is 0 Å². The standard InChI is InChI=1S/C16H31N3O4/c1-11(2)9-14(20)17-18-16(22)13(5)19(10-12(3)4)8-7-15(21)23-6/h11-13H,7-10H2,1-6H3,(H,17,20)(H,18,22)/t13-/m1/s1. The van der Waals surface area contributed by atoms with E-state index in [0.717, 1.165) is 0 Å².